The van der Waals surface area contributed by atoms with Crippen LogP contribution in [0.15, 0.2) is 24.3 Å². The lowest BCUT2D eigenvalue weighted by atomic mass is 9.88. The molecule has 0 aliphatic heterocycles. The summed E-state index contributed by atoms with van der Waals surface area (Å²) in [5.74, 6) is 1.04. The number of rotatable bonds is 4. The van der Waals surface area contributed by atoms with Crippen LogP contribution in [-0.2, 0) is 6.42 Å². The third kappa shape index (κ3) is 2.32. The van der Waals surface area contributed by atoms with E-state index in [4.69, 9.17) is 4.74 Å². The summed E-state index contributed by atoms with van der Waals surface area (Å²) in [6, 6.07) is 6.37. The van der Waals surface area contributed by atoms with Crippen molar-refractivity contribution in [3.63, 3.8) is 0 Å². The summed E-state index contributed by atoms with van der Waals surface area (Å²) in [6.07, 6.45) is 6.99. The summed E-state index contributed by atoms with van der Waals surface area (Å²) in [4.78, 5) is 0. The van der Waals surface area contributed by atoms with E-state index >= 15 is 0 Å². The van der Waals surface area contributed by atoms with E-state index in [2.05, 4.69) is 40.2 Å². The molecule has 0 radical (unpaired) electrons. The van der Waals surface area contributed by atoms with Gasteiger partial charge in [-0.1, -0.05) is 34.1 Å². The van der Waals surface area contributed by atoms with Gasteiger partial charge < -0.3 is 4.74 Å². The molecule has 1 aliphatic carbocycles. The minimum atomic E-state index is 1.04. The van der Waals surface area contributed by atoms with Crippen LogP contribution in [0, 0.1) is 0 Å². The number of allylic oxidation sites excluding steroid dienone is 2. The Kier molecular flexibility index (Phi) is 4.05. The number of alkyl halides is 1. The molecule has 0 amide bonds. The first-order valence-electron chi connectivity index (χ1n) is 5.78. The molecule has 0 N–H and O–H groups in total. The molecule has 1 aromatic carbocycles. The van der Waals surface area contributed by atoms with Crippen LogP contribution in [-0.4, -0.2) is 12.4 Å². The topological polar surface area (TPSA) is 9.23 Å². The zero-order valence-electron chi connectivity index (χ0n) is 9.63. The lowest BCUT2D eigenvalue weighted by Crippen LogP contribution is -2.02. The quantitative estimate of drug-likeness (QED) is 0.751. The molecule has 0 saturated carbocycles. The number of fused-ring (bicyclic) bond motifs is 1. The van der Waals surface area contributed by atoms with Gasteiger partial charge in [-0.25, -0.2) is 0 Å². The first-order chi connectivity index (χ1) is 7.86. The van der Waals surface area contributed by atoms with Crippen molar-refractivity contribution in [1.29, 1.82) is 0 Å². The van der Waals surface area contributed by atoms with Crippen LogP contribution < -0.4 is 4.74 Å². The molecule has 0 unspecified atom stereocenters. The lowest BCUT2D eigenvalue weighted by Gasteiger charge is -2.20. The van der Waals surface area contributed by atoms with Crippen molar-refractivity contribution < 1.29 is 4.74 Å². The number of benzene rings is 1. The Hall–Kier alpha value is -0.760. The van der Waals surface area contributed by atoms with E-state index in [0.717, 1.165) is 30.3 Å². The molecule has 16 heavy (non-hydrogen) atoms. The van der Waals surface area contributed by atoms with Gasteiger partial charge in [-0.2, -0.15) is 0 Å². The van der Waals surface area contributed by atoms with Crippen LogP contribution >= 0.6 is 15.9 Å². The van der Waals surface area contributed by atoms with Gasteiger partial charge in [0.25, 0.3) is 0 Å². The van der Waals surface area contributed by atoms with E-state index in [1.165, 1.54) is 23.1 Å². The number of ether oxygens (including phenoxy) is 1. The van der Waals surface area contributed by atoms with Crippen LogP contribution in [0.3, 0.4) is 0 Å². The largest absolute Gasteiger partial charge is 0.496 e. The van der Waals surface area contributed by atoms with Crippen LogP contribution in [0.25, 0.3) is 5.57 Å². The van der Waals surface area contributed by atoms with E-state index < -0.39 is 0 Å². The summed E-state index contributed by atoms with van der Waals surface area (Å²) >= 11 is 3.49. The maximum Gasteiger partial charge on any atom is 0.122 e. The highest BCUT2D eigenvalue weighted by molar-refractivity contribution is 9.09. The zero-order valence-corrected chi connectivity index (χ0v) is 11.2. The number of hydrogen-bond acceptors (Lipinski definition) is 1. The second kappa shape index (κ2) is 5.53. The minimum absolute atomic E-state index is 1.04. The smallest absolute Gasteiger partial charge is 0.122 e. The first-order valence-corrected chi connectivity index (χ1v) is 6.90. The van der Waals surface area contributed by atoms with Gasteiger partial charge in [0.1, 0.15) is 5.75 Å². The van der Waals surface area contributed by atoms with Crippen molar-refractivity contribution in [3.8, 4) is 5.75 Å². The van der Waals surface area contributed by atoms with Gasteiger partial charge >= 0.3 is 0 Å². The summed E-state index contributed by atoms with van der Waals surface area (Å²) in [5.41, 5.74) is 4.27. The Morgan fingerprint density at radius 1 is 1.38 bits per heavy atom. The molecule has 0 spiro atoms. The van der Waals surface area contributed by atoms with Crippen LogP contribution in [0.1, 0.15) is 30.4 Å². The third-order valence-corrected chi connectivity index (χ3v) is 3.62. The predicted molar refractivity (Wildman–Crippen MR) is 72.3 cm³/mol. The number of halogens is 1. The van der Waals surface area contributed by atoms with Gasteiger partial charge in [0.15, 0.2) is 0 Å². The van der Waals surface area contributed by atoms with Crippen LogP contribution in [0.5, 0.6) is 5.75 Å². The van der Waals surface area contributed by atoms with Crippen molar-refractivity contribution in [2.45, 2.75) is 25.7 Å². The Balaban J connectivity index is 2.31. The molecule has 2 rings (SSSR count). The molecule has 1 aliphatic rings. The Bertz CT molecular complexity index is 396. The molecule has 2 heteroatoms. The van der Waals surface area contributed by atoms with Crippen LogP contribution in [0.4, 0.5) is 0 Å². The SMILES string of the molecule is COc1cccc2c1CCC=C2CCCBr. The molecule has 0 atom stereocenters. The average Bonchev–Trinajstić information content (AvgIpc) is 2.35. The monoisotopic (exact) mass is 280 g/mol. The van der Waals surface area contributed by atoms with Gasteiger partial charge in [-0.15, -0.1) is 0 Å². The number of hydrogen-bond donors (Lipinski definition) is 0. The Morgan fingerprint density at radius 3 is 3.00 bits per heavy atom. The molecule has 86 valence electrons. The predicted octanol–water partition coefficient (Wildman–Crippen LogP) is 4.20. The van der Waals surface area contributed by atoms with Crippen molar-refractivity contribution >= 4 is 21.5 Å². The second-order valence-corrected chi connectivity index (χ2v) is 4.84. The van der Waals surface area contributed by atoms with Crippen molar-refractivity contribution in [1.82, 2.24) is 0 Å². The van der Waals surface area contributed by atoms with Gasteiger partial charge in [-0.05, 0) is 42.9 Å². The van der Waals surface area contributed by atoms with Crippen molar-refractivity contribution in [2.24, 2.45) is 0 Å². The molecule has 1 nitrogen and oxygen atoms in total. The fourth-order valence-electron chi connectivity index (χ4n) is 2.31. The molecule has 0 aromatic heterocycles. The van der Waals surface area contributed by atoms with Gasteiger partial charge in [0, 0.05) is 10.9 Å². The van der Waals surface area contributed by atoms with Crippen molar-refractivity contribution in [3.05, 3.63) is 35.4 Å². The van der Waals surface area contributed by atoms with E-state index in [9.17, 15) is 0 Å². The molecule has 1 aromatic rings. The fraction of sp³-hybridized carbons (Fsp3) is 0.429. The minimum Gasteiger partial charge on any atom is -0.496 e. The van der Waals surface area contributed by atoms with Crippen molar-refractivity contribution in [2.75, 3.05) is 12.4 Å². The normalized spacial score (nSPS) is 14.2. The summed E-state index contributed by atoms with van der Waals surface area (Å²) in [7, 11) is 1.76. The van der Waals surface area contributed by atoms with Gasteiger partial charge in [-0.3, -0.25) is 0 Å². The lowest BCUT2D eigenvalue weighted by molar-refractivity contribution is 0.409. The molecular formula is C14H17BrO. The maximum absolute atomic E-state index is 5.43. The Labute approximate surface area is 106 Å². The summed E-state index contributed by atoms with van der Waals surface area (Å²) in [5, 5.41) is 1.07. The third-order valence-electron chi connectivity index (χ3n) is 3.06. The van der Waals surface area contributed by atoms with E-state index in [1.54, 1.807) is 7.11 Å². The summed E-state index contributed by atoms with van der Waals surface area (Å²) < 4.78 is 5.43. The maximum atomic E-state index is 5.43. The van der Waals surface area contributed by atoms with E-state index in [0.29, 0.717) is 0 Å². The highest BCUT2D eigenvalue weighted by Gasteiger charge is 2.15. The Morgan fingerprint density at radius 2 is 2.25 bits per heavy atom. The molecule has 0 saturated heterocycles. The van der Waals surface area contributed by atoms with E-state index in [-0.39, 0.29) is 0 Å². The highest BCUT2D eigenvalue weighted by Crippen LogP contribution is 2.34. The number of methoxy groups -OCH3 is 1. The highest BCUT2D eigenvalue weighted by atomic mass is 79.9. The summed E-state index contributed by atoms with van der Waals surface area (Å²) in [6.45, 7) is 0. The first kappa shape index (κ1) is 11.7. The van der Waals surface area contributed by atoms with Gasteiger partial charge in [0.2, 0.25) is 0 Å². The standard InChI is InChI=1S/C14H17BrO/c1-16-14-9-3-7-12-11(6-4-10-15)5-2-8-13(12)14/h3,5,7,9H,2,4,6,8,10H2,1H3. The van der Waals surface area contributed by atoms with Crippen LogP contribution in [0.2, 0.25) is 0 Å². The second-order valence-electron chi connectivity index (χ2n) is 4.05. The zero-order chi connectivity index (χ0) is 11.4. The van der Waals surface area contributed by atoms with E-state index in [1.807, 2.05) is 0 Å². The average molecular weight is 281 g/mol. The van der Waals surface area contributed by atoms with Gasteiger partial charge in [0.05, 0.1) is 7.11 Å². The molecule has 0 fully saturated rings. The fourth-order valence-corrected chi connectivity index (χ4v) is 2.59. The molecular weight excluding hydrogens is 264 g/mol. The molecule has 0 heterocycles. The molecule has 0 bridgehead atoms.